The van der Waals surface area contributed by atoms with Crippen molar-refractivity contribution >= 4 is 11.9 Å². The van der Waals surface area contributed by atoms with E-state index in [1.54, 1.807) is 0 Å². The first-order valence-electron chi connectivity index (χ1n) is 1.83. The molecule has 0 saturated heterocycles. The standard InChI is InChI=1S/C3H7ClO3/c4-7-2-3(6)1-5/h3,5-6H,1-2H2/t3-/m1/s1. The molecule has 0 aromatic carbocycles. The predicted octanol–water partition coefficient (Wildman–Crippen LogP) is -0.490. The van der Waals surface area contributed by atoms with Gasteiger partial charge in [-0.3, -0.25) is 4.29 Å². The second kappa shape index (κ2) is 4.33. The van der Waals surface area contributed by atoms with Crippen LogP contribution in [0.5, 0.6) is 0 Å². The summed E-state index contributed by atoms with van der Waals surface area (Å²) in [6.07, 6.45) is -0.850. The Kier molecular flexibility index (Phi) is 4.44. The maximum atomic E-state index is 8.40. The Labute approximate surface area is 46.6 Å². The van der Waals surface area contributed by atoms with Gasteiger partial charge in [-0.2, -0.15) is 0 Å². The maximum absolute atomic E-state index is 8.40. The molecule has 0 aliphatic carbocycles. The van der Waals surface area contributed by atoms with Crippen molar-refractivity contribution < 1.29 is 14.5 Å². The monoisotopic (exact) mass is 126 g/mol. The first-order chi connectivity index (χ1) is 3.31. The van der Waals surface area contributed by atoms with Crippen molar-refractivity contribution in [1.82, 2.24) is 0 Å². The molecule has 7 heavy (non-hydrogen) atoms. The minimum absolute atomic E-state index is 0.0297. The summed E-state index contributed by atoms with van der Waals surface area (Å²) in [6, 6.07) is 0. The molecule has 0 unspecified atom stereocenters. The highest BCUT2D eigenvalue weighted by Gasteiger charge is 1.98. The number of hydrogen-bond acceptors (Lipinski definition) is 3. The van der Waals surface area contributed by atoms with Crippen LogP contribution in [0.3, 0.4) is 0 Å². The summed E-state index contributed by atoms with van der Waals surface area (Å²) < 4.78 is 3.96. The molecule has 0 aromatic rings. The van der Waals surface area contributed by atoms with Gasteiger partial charge in [-0.1, -0.05) is 0 Å². The number of halogens is 1. The van der Waals surface area contributed by atoms with Crippen molar-refractivity contribution in [3.05, 3.63) is 0 Å². The van der Waals surface area contributed by atoms with Crippen molar-refractivity contribution in [2.45, 2.75) is 6.10 Å². The third-order valence-corrected chi connectivity index (χ3v) is 0.592. The van der Waals surface area contributed by atoms with Crippen molar-refractivity contribution in [1.29, 1.82) is 0 Å². The largest absolute Gasteiger partial charge is 0.394 e. The van der Waals surface area contributed by atoms with Crippen molar-refractivity contribution in [3.63, 3.8) is 0 Å². The molecular formula is C3H7ClO3. The first kappa shape index (κ1) is 7.17. The van der Waals surface area contributed by atoms with E-state index in [0.29, 0.717) is 0 Å². The normalized spacial score (nSPS) is 14.1. The molecule has 0 spiro atoms. The van der Waals surface area contributed by atoms with Gasteiger partial charge in [-0.15, -0.1) is 0 Å². The zero-order valence-electron chi connectivity index (χ0n) is 3.67. The van der Waals surface area contributed by atoms with Gasteiger partial charge >= 0.3 is 0 Å². The molecule has 0 bridgehead atoms. The summed E-state index contributed by atoms with van der Waals surface area (Å²) >= 11 is 4.70. The summed E-state index contributed by atoms with van der Waals surface area (Å²) in [5.41, 5.74) is 0. The van der Waals surface area contributed by atoms with Gasteiger partial charge in [0.2, 0.25) is 0 Å². The zero-order valence-corrected chi connectivity index (χ0v) is 4.43. The Bertz CT molecular complexity index is 41.2. The Hall–Kier alpha value is 0.170. The van der Waals surface area contributed by atoms with Crippen molar-refractivity contribution in [2.24, 2.45) is 0 Å². The molecule has 44 valence electrons. The molecule has 2 N–H and O–H groups in total. The smallest absolute Gasteiger partial charge is 0.102 e. The van der Waals surface area contributed by atoms with E-state index < -0.39 is 6.10 Å². The molecule has 1 atom stereocenters. The first-order valence-corrected chi connectivity index (χ1v) is 2.14. The lowest BCUT2D eigenvalue weighted by Crippen LogP contribution is -2.16. The fraction of sp³-hybridized carbons (Fsp3) is 1.00. The Morgan fingerprint density at radius 2 is 2.29 bits per heavy atom. The second-order valence-corrected chi connectivity index (χ2v) is 1.33. The third kappa shape index (κ3) is 4.01. The van der Waals surface area contributed by atoms with E-state index in [-0.39, 0.29) is 13.2 Å². The average molecular weight is 127 g/mol. The van der Waals surface area contributed by atoms with E-state index >= 15 is 0 Å². The van der Waals surface area contributed by atoms with Crippen LogP contribution in [0.25, 0.3) is 0 Å². The van der Waals surface area contributed by atoms with Crippen molar-refractivity contribution in [3.8, 4) is 0 Å². The maximum Gasteiger partial charge on any atom is 0.102 e. The second-order valence-electron chi connectivity index (χ2n) is 1.11. The van der Waals surface area contributed by atoms with Crippen LogP contribution in [-0.4, -0.2) is 29.5 Å². The van der Waals surface area contributed by atoms with Crippen LogP contribution in [0, 0.1) is 0 Å². The molecule has 0 amide bonds. The van der Waals surface area contributed by atoms with Crippen LogP contribution >= 0.6 is 11.9 Å². The molecule has 0 saturated carbocycles. The molecular weight excluding hydrogens is 119 g/mol. The van der Waals surface area contributed by atoms with Gasteiger partial charge in [0.15, 0.2) is 0 Å². The molecule has 0 fully saturated rings. The SMILES string of the molecule is OC[C@@H](O)COCl. The van der Waals surface area contributed by atoms with Crippen LogP contribution in [0.15, 0.2) is 0 Å². The van der Waals surface area contributed by atoms with Crippen molar-refractivity contribution in [2.75, 3.05) is 13.2 Å². The minimum atomic E-state index is -0.850. The molecule has 0 heterocycles. The van der Waals surface area contributed by atoms with E-state index in [1.165, 1.54) is 0 Å². The van der Waals surface area contributed by atoms with E-state index in [1.807, 2.05) is 0 Å². The molecule has 0 aliphatic heterocycles. The molecule has 0 aliphatic rings. The summed E-state index contributed by atoms with van der Waals surface area (Å²) in [5.74, 6) is 0. The van der Waals surface area contributed by atoms with Crippen LogP contribution in [0.4, 0.5) is 0 Å². The van der Waals surface area contributed by atoms with Gasteiger partial charge in [0, 0.05) is 0 Å². The number of hydrogen-bond donors (Lipinski definition) is 2. The highest BCUT2D eigenvalue weighted by Crippen LogP contribution is 1.84. The van der Waals surface area contributed by atoms with Crippen LogP contribution in [-0.2, 0) is 4.29 Å². The van der Waals surface area contributed by atoms with Gasteiger partial charge in [0.05, 0.1) is 25.1 Å². The Balaban J connectivity index is 2.83. The van der Waals surface area contributed by atoms with E-state index in [0.717, 1.165) is 0 Å². The quantitative estimate of drug-likeness (QED) is 0.537. The lowest BCUT2D eigenvalue weighted by Gasteiger charge is -1.99. The Morgan fingerprint density at radius 3 is 2.43 bits per heavy atom. The number of aliphatic hydroxyl groups excluding tert-OH is 2. The van der Waals surface area contributed by atoms with Gasteiger partial charge in [0.1, 0.15) is 6.10 Å². The highest BCUT2D eigenvalue weighted by molar-refractivity contribution is 6.07. The summed E-state index contributed by atoms with van der Waals surface area (Å²) in [5, 5.41) is 16.5. The van der Waals surface area contributed by atoms with Gasteiger partial charge in [0.25, 0.3) is 0 Å². The fourth-order valence-corrected chi connectivity index (χ4v) is 0.271. The van der Waals surface area contributed by atoms with Gasteiger partial charge < -0.3 is 10.2 Å². The summed E-state index contributed by atoms with van der Waals surface area (Å²) in [7, 11) is 0. The van der Waals surface area contributed by atoms with Crippen LogP contribution in [0.2, 0.25) is 0 Å². The minimum Gasteiger partial charge on any atom is -0.394 e. The lowest BCUT2D eigenvalue weighted by molar-refractivity contribution is 0.0569. The predicted molar refractivity (Wildman–Crippen MR) is 24.9 cm³/mol. The Morgan fingerprint density at radius 1 is 1.71 bits per heavy atom. The third-order valence-electron chi connectivity index (χ3n) is 0.466. The topological polar surface area (TPSA) is 49.7 Å². The number of aliphatic hydroxyl groups is 2. The molecule has 4 heteroatoms. The molecule has 0 aromatic heterocycles. The highest BCUT2D eigenvalue weighted by atomic mass is 35.5. The lowest BCUT2D eigenvalue weighted by atomic mass is 10.4. The van der Waals surface area contributed by atoms with Gasteiger partial charge in [-0.25, -0.2) is 0 Å². The molecule has 0 rings (SSSR count). The molecule has 3 nitrogen and oxygen atoms in total. The summed E-state index contributed by atoms with van der Waals surface area (Å²) in [6.45, 7) is -0.342. The fourth-order valence-electron chi connectivity index (χ4n) is 0.125. The van der Waals surface area contributed by atoms with Crippen LogP contribution < -0.4 is 0 Å². The number of rotatable bonds is 3. The van der Waals surface area contributed by atoms with E-state index in [4.69, 9.17) is 22.1 Å². The zero-order chi connectivity index (χ0) is 5.70. The summed E-state index contributed by atoms with van der Waals surface area (Å²) in [4.78, 5) is 0. The van der Waals surface area contributed by atoms with Gasteiger partial charge in [-0.05, 0) is 0 Å². The average Bonchev–Trinajstić information content (AvgIpc) is 1.68. The van der Waals surface area contributed by atoms with Crippen LogP contribution in [0.1, 0.15) is 0 Å². The van der Waals surface area contributed by atoms with E-state index in [9.17, 15) is 0 Å². The van der Waals surface area contributed by atoms with E-state index in [2.05, 4.69) is 4.29 Å². The molecule has 0 radical (unpaired) electrons.